The second-order valence-electron chi connectivity index (χ2n) is 31.7. The van der Waals surface area contributed by atoms with Crippen LogP contribution in [-0.4, -0.2) is 0 Å². The van der Waals surface area contributed by atoms with E-state index >= 15 is 0 Å². The van der Waals surface area contributed by atoms with Gasteiger partial charge in [-0.15, -0.1) is 0 Å². The Balaban J connectivity index is 0.000000105. The molecule has 0 fully saturated rings. The third-order valence-corrected chi connectivity index (χ3v) is 23.5. The molecule has 0 amide bonds. The fourth-order valence-corrected chi connectivity index (χ4v) is 17.2. The summed E-state index contributed by atoms with van der Waals surface area (Å²) in [5.41, 5.74) is 22.2. The summed E-state index contributed by atoms with van der Waals surface area (Å²) in [6.45, 7) is 0. The van der Waals surface area contributed by atoms with Gasteiger partial charge in [-0.25, -0.2) is 0 Å². The Morgan fingerprint density at radius 3 is 0.728 bits per heavy atom. The van der Waals surface area contributed by atoms with Crippen LogP contribution in [0.5, 0.6) is 0 Å². The zero-order valence-electron chi connectivity index (χ0n) is 69.4. The summed E-state index contributed by atoms with van der Waals surface area (Å²) in [4.78, 5) is 0. The Morgan fingerprint density at radius 1 is 0.128 bits per heavy atom. The first kappa shape index (κ1) is 78.6. The molecule has 0 bridgehead atoms. The van der Waals surface area contributed by atoms with Crippen molar-refractivity contribution in [1.82, 2.24) is 0 Å². The van der Waals surface area contributed by atoms with E-state index in [-0.39, 0.29) is 0 Å². The number of benzene rings is 23. The number of para-hydroxylation sites is 1. The molecule has 0 saturated carbocycles. The number of nitrogens with one attached hydrogen (secondary N) is 3. The fourth-order valence-electron chi connectivity index (χ4n) is 17.2. The van der Waals surface area contributed by atoms with Crippen LogP contribution in [0, 0.1) is 0 Å². The monoisotopic (exact) mass is 1600 g/mol. The van der Waals surface area contributed by atoms with Gasteiger partial charge in [0, 0.05) is 50.3 Å². The lowest BCUT2D eigenvalue weighted by atomic mass is 9.93. The van der Waals surface area contributed by atoms with Gasteiger partial charge in [-0.1, -0.05) is 455 Å². The molecule has 0 aromatic heterocycles. The van der Waals surface area contributed by atoms with E-state index in [4.69, 9.17) is 0 Å². The Kier molecular flexibility index (Phi) is 23.7. The highest BCUT2D eigenvalue weighted by molar-refractivity contribution is 6.04. The molecule has 0 heterocycles. The van der Waals surface area contributed by atoms with Gasteiger partial charge >= 0.3 is 0 Å². The van der Waals surface area contributed by atoms with Gasteiger partial charge in [-0.3, -0.25) is 0 Å². The molecule has 0 aliphatic heterocycles. The highest BCUT2D eigenvalue weighted by Gasteiger charge is 2.13. The van der Waals surface area contributed by atoms with Crippen molar-refractivity contribution in [3.8, 4) is 44.5 Å². The molecule has 23 aromatic carbocycles. The minimum atomic E-state index is 0.914. The van der Waals surface area contributed by atoms with Gasteiger partial charge in [0.1, 0.15) is 0 Å². The Bertz CT molecular complexity index is 7270. The van der Waals surface area contributed by atoms with Crippen molar-refractivity contribution >= 4 is 131 Å². The molecule has 0 aliphatic carbocycles. The fraction of sp³-hybridized carbons (Fsp3) is 0.0164. The normalized spacial score (nSPS) is 10.9. The predicted molar refractivity (Wildman–Crippen MR) is 539 cm³/mol. The summed E-state index contributed by atoms with van der Waals surface area (Å²) in [6, 6.07) is 181. The van der Waals surface area contributed by atoms with Crippen molar-refractivity contribution in [2.75, 3.05) is 16.0 Å². The summed E-state index contributed by atoms with van der Waals surface area (Å²) in [5.74, 6) is 0. The van der Waals surface area contributed by atoms with Crippen LogP contribution in [0.25, 0.3) is 141 Å². The molecule has 3 N–H and O–H groups in total. The predicted octanol–water partition coefficient (Wildman–Crippen LogP) is 33.9. The standard InChI is InChI=1S/C33H24.C32H23N.C21H16.C20H15N.C16H13N/c1-3-17-30-26(11-1)13-7-19-32(30)28-15-5-9-24(22-28)21-25-10-6-16-29(23-25)33-20-8-14-27-12-2-4-18-31(27)33;1-3-11-29-23(7-1)9-5-13-31(29)25-15-19-27(20-16-25)33-28-21-17-26(18-22-28)32-14-6-10-24-8-2-4-12-30(24)32;1-3-7-20-14-16(9-11-18(20)5-1)13-17-10-12-19-6-2-4-8-21(19)15-17;1-3-11-17-15(7-1)9-5-13-19(17)21-20-14-6-10-16-8-2-4-12-18(16)20;1-2-9-14(10-3-1)17-16-12-6-8-13-7-4-5-11-15(13)16/h1-20,22-23H,21H2;1-22,33H;1-12,14-15H,13H2;1-14,21H;1-12,17H. The molecule has 0 unspecified atom stereocenters. The molecule has 3 heteroatoms. The lowest BCUT2D eigenvalue weighted by molar-refractivity contribution is 1.19. The highest BCUT2D eigenvalue weighted by Crippen LogP contribution is 2.38. The van der Waals surface area contributed by atoms with Crippen molar-refractivity contribution in [1.29, 1.82) is 0 Å². The molecule has 594 valence electrons. The Hall–Kier alpha value is -16.2. The van der Waals surface area contributed by atoms with Crippen molar-refractivity contribution in [3.63, 3.8) is 0 Å². The summed E-state index contributed by atoms with van der Waals surface area (Å²) in [5, 5.41) is 33.6. The molecule has 0 radical (unpaired) electrons. The van der Waals surface area contributed by atoms with Gasteiger partial charge in [0.15, 0.2) is 0 Å². The van der Waals surface area contributed by atoms with Crippen molar-refractivity contribution in [2.24, 2.45) is 0 Å². The first-order chi connectivity index (χ1) is 61.9. The minimum Gasteiger partial charge on any atom is -0.356 e. The van der Waals surface area contributed by atoms with Crippen LogP contribution in [0.3, 0.4) is 0 Å². The molecule has 23 aromatic rings. The van der Waals surface area contributed by atoms with Gasteiger partial charge in [-0.05, 0) is 215 Å². The van der Waals surface area contributed by atoms with E-state index in [0.29, 0.717) is 0 Å². The van der Waals surface area contributed by atoms with Gasteiger partial charge in [0.05, 0.1) is 0 Å². The maximum atomic E-state index is 3.59. The van der Waals surface area contributed by atoms with E-state index < -0.39 is 0 Å². The number of hydrogen-bond acceptors (Lipinski definition) is 3. The maximum absolute atomic E-state index is 3.59. The smallest absolute Gasteiger partial charge is 0.0464 e. The summed E-state index contributed by atoms with van der Waals surface area (Å²) in [7, 11) is 0. The third-order valence-electron chi connectivity index (χ3n) is 23.5. The van der Waals surface area contributed by atoms with Gasteiger partial charge in [-0.2, -0.15) is 0 Å². The van der Waals surface area contributed by atoms with Crippen LogP contribution >= 0.6 is 0 Å². The second-order valence-corrected chi connectivity index (χ2v) is 31.7. The van der Waals surface area contributed by atoms with E-state index in [1.54, 1.807) is 0 Å². The molecule has 0 aliphatic rings. The first-order valence-corrected chi connectivity index (χ1v) is 43.0. The largest absolute Gasteiger partial charge is 0.356 e. The van der Waals surface area contributed by atoms with E-state index in [9.17, 15) is 0 Å². The van der Waals surface area contributed by atoms with E-state index in [1.165, 1.54) is 164 Å². The number of anilines is 6. The molecular weight excluding hydrogens is 1510 g/mol. The molecule has 3 nitrogen and oxygen atoms in total. The van der Waals surface area contributed by atoms with Crippen LogP contribution in [-0.2, 0) is 12.8 Å². The zero-order valence-corrected chi connectivity index (χ0v) is 69.4. The average Bonchev–Trinajstić information content (AvgIpc) is 0.809. The van der Waals surface area contributed by atoms with Crippen LogP contribution in [0.15, 0.2) is 510 Å². The quantitative estimate of drug-likeness (QED) is 0.102. The van der Waals surface area contributed by atoms with Crippen LogP contribution in [0.4, 0.5) is 34.1 Å². The van der Waals surface area contributed by atoms with Gasteiger partial charge < -0.3 is 16.0 Å². The van der Waals surface area contributed by atoms with Gasteiger partial charge in [0.2, 0.25) is 0 Å². The highest BCUT2D eigenvalue weighted by atomic mass is 14.9. The van der Waals surface area contributed by atoms with E-state index in [0.717, 1.165) is 47.0 Å². The van der Waals surface area contributed by atoms with Crippen molar-refractivity contribution in [3.05, 3.63) is 532 Å². The summed E-state index contributed by atoms with van der Waals surface area (Å²) in [6.07, 6.45) is 1.90. The number of rotatable bonds is 14. The maximum Gasteiger partial charge on any atom is 0.0464 e. The van der Waals surface area contributed by atoms with Crippen LogP contribution < -0.4 is 16.0 Å². The SMILES string of the molecule is c1cc(Cc2cccc(-c3cccc4ccccc34)c2)cc(-c2cccc3ccccc23)c1.c1ccc(Nc2cccc3ccccc23)cc1.c1ccc2c(-c3ccc(Nc4ccc(-c5cccc6ccccc56)cc4)cc3)cccc2c1.c1ccc2c(Nc3cccc4ccccc34)cccc2c1.c1ccc2cc(Cc3ccc4ccccc4c3)ccc2c1. The average molecular weight is 1600 g/mol. The molecular formula is C122H91N3. The number of fused-ring (bicyclic) bond motifs is 9. The van der Waals surface area contributed by atoms with Crippen molar-refractivity contribution < 1.29 is 0 Å². The van der Waals surface area contributed by atoms with Gasteiger partial charge in [0.25, 0.3) is 0 Å². The molecule has 23 rings (SSSR count). The third kappa shape index (κ3) is 18.6. The summed E-state index contributed by atoms with van der Waals surface area (Å²) < 4.78 is 0. The molecule has 0 saturated heterocycles. The van der Waals surface area contributed by atoms with E-state index in [1.807, 2.05) is 18.2 Å². The zero-order chi connectivity index (χ0) is 83.7. The lowest BCUT2D eigenvalue weighted by Gasteiger charge is -2.12. The molecule has 125 heavy (non-hydrogen) atoms. The Morgan fingerprint density at radius 2 is 0.376 bits per heavy atom. The Labute approximate surface area is 731 Å². The van der Waals surface area contributed by atoms with Crippen LogP contribution in [0.2, 0.25) is 0 Å². The second kappa shape index (κ2) is 37.6. The molecule has 0 atom stereocenters. The number of hydrogen-bond donors (Lipinski definition) is 3. The van der Waals surface area contributed by atoms with Crippen molar-refractivity contribution in [2.45, 2.75) is 12.8 Å². The topological polar surface area (TPSA) is 36.1 Å². The van der Waals surface area contributed by atoms with E-state index in [2.05, 4.69) is 507 Å². The lowest BCUT2D eigenvalue weighted by Crippen LogP contribution is -1.92. The summed E-state index contributed by atoms with van der Waals surface area (Å²) >= 11 is 0. The van der Waals surface area contributed by atoms with Crippen LogP contribution in [0.1, 0.15) is 22.3 Å². The molecule has 0 spiro atoms. The minimum absolute atomic E-state index is 0.914. The first-order valence-electron chi connectivity index (χ1n) is 43.0.